The lowest BCUT2D eigenvalue weighted by molar-refractivity contribution is -0.255. The molecule has 3 rings (SSSR count). The Morgan fingerprint density at radius 3 is 2.33 bits per heavy atom. The summed E-state index contributed by atoms with van der Waals surface area (Å²) in [4.78, 5) is 36.9. The second kappa shape index (κ2) is 4.98. The standard InChI is InChI=1S/C16H17NO4/c1-9-2-7-12-13(8-9)15(19)17(14(12)18)11-5-3-10(4-6-11)16(20)21/h3-6,9,12-13H,2,7-8H2,1H3,(H,20,21)/p-1/t9-,12+,13-/m1/s1. The van der Waals surface area contributed by atoms with Gasteiger partial charge in [0.1, 0.15) is 0 Å². The Hall–Kier alpha value is -2.17. The lowest BCUT2D eigenvalue weighted by atomic mass is 9.76. The van der Waals surface area contributed by atoms with Crippen molar-refractivity contribution in [1.82, 2.24) is 0 Å². The number of nitrogens with zero attached hydrogens (tertiary/aromatic N) is 1. The number of rotatable bonds is 2. The number of carboxylic acids is 1. The van der Waals surface area contributed by atoms with Crippen LogP contribution in [0.5, 0.6) is 0 Å². The lowest BCUT2D eigenvalue weighted by Gasteiger charge is -2.25. The van der Waals surface area contributed by atoms with E-state index in [1.165, 1.54) is 29.2 Å². The first-order valence-electron chi connectivity index (χ1n) is 7.18. The summed E-state index contributed by atoms with van der Waals surface area (Å²) in [5.41, 5.74) is 0.473. The van der Waals surface area contributed by atoms with Gasteiger partial charge in [-0.15, -0.1) is 0 Å². The van der Waals surface area contributed by atoms with Crippen molar-refractivity contribution in [3.63, 3.8) is 0 Å². The van der Waals surface area contributed by atoms with Crippen LogP contribution in [0, 0.1) is 17.8 Å². The molecular weight excluding hydrogens is 270 g/mol. The van der Waals surface area contributed by atoms with E-state index in [0.717, 1.165) is 19.3 Å². The van der Waals surface area contributed by atoms with Crippen LogP contribution in [0.4, 0.5) is 5.69 Å². The maximum absolute atomic E-state index is 12.5. The number of aromatic carboxylic acids is 1. The summed E-state index contributed by atoms with van der Waals surface area (Å²) in [6, 6.07) is 5.69. The third kappa shape index (κ3) is 2.22. The fourth-order valence-electron chi connectivity index (χ4n) is 3.39. The van der Waals surface area contributed by atoms with Crippen molar-refractivity contribution in [2.24, 2.45) is 17.8 Å². The van der Waals surface area contributed by atoms with E-state index in [1.54, 1.807) is 0 Å². The molecule has 0 unspecified atom stereocenters. The molecule has 0 N–H and O–H groups in total. The van der Waals surface area contributed by atoms with Gasteiger partial charge >= 0.3 is 0 Å². The van der Waals surface area contributed by atoms with Gasteiger partial charge in [-0.3, -0.25) is 14.5 Å². The molecule has 1 saturated carbocycles. The Kier molecular flexibility index (Phi) is 3.27. The van der Waals surface area contributed by atoms with Crippen LogP contribution in [0.2, 0.25) is 0 Å². The summed E-state index contributed by atoms with van der Waals surface area (Å²) in [6.07, 6.45) is 2.48. The Bertz CT molecular complexity index is 607. The number of amides is 2. The van der Waals surface area contributed by atoms with E-state index in [2.05, 4.69) is 6.92 Å². The highest BCUT2D eigenvalue weighted by Gasteiger charge is 2.49. The van der Waals surface area contributed by atoms with Crippen molar-refractivity contribution >= 4 is 23.5 Å². The van der Waals surface area contributed by atoms with Gasteiger partial charge in [0, 0.05) is 0 Å². The van der Waals surface area contributed by atoms with Crippen molar-refractivity contribution in [3.05, 3.63) is 29.8 Å². The number of carbonyl (C=O) groups excluding carboxylic acids is 3. The SMILES string of the molecule is C[C@@H]1CC[C@@H]2C(=O)N(c3ccc(C(=O)[O-])cc3)C(=O)[C@@H]2C1. The van der Waals surface area contributed by atoms with E-state index >= 15 is 0 Å². The number of benzene rings is 1. The van der Waals surface area contributed by atoms with E-state index in [1.807, 2.05) is 0 Å². The molecule has 1 aromatic rings. The average Bonchev–Trinajstić information content (AvgIpc) is 2.70. The number of fused-ring (bicyclic) bond motifs is 1. The van der Waals surface area contributed by atoms with Gasteiger partial charge < -0.3 is 9.90 Å². The van der Waals surface area contributed by atoms with Crippen LogP contribution in [0.3, 0.4) is 0 Å². The van der Waals surface area contributed by atoms with Gasteiger partial charge in [-0.1, -0.05) is 19.1 Å². The van der Waals surface area contributed by atoms with Crippen LogP contribution >= 0.6 is 0 Å². The van der Waals surface area contributed by atoms with Crippen LogP contribution in [0.15, 0.2) is 24.3 Å². The summed E-state index contributed by atoms with van der Waals surface area (Å²) in [6.45, 7) is 2.10. The molecule has 110 valence electrons. The highest BCUT2D eigenvalue weighted by Crippen LogP contribution is 2.42. The Labute approximate surface area is 122 Å². The van der Waals surface area contributed by atoms with Gasteiger partial charge in [-0.05, 0) is 42.9 Å². The molecule has 2 amide bonds. The Balaban J connectivity index is 1.90. The van der Waals surface area contributed by atoms with E-state index in [0.29, 0.717) is 11.6 Å². The zero-order valence-electron chi connectivity index (χ0n) is 11.7. The largest absolute Gasteiger partial charge is 0.545 e. The van der Waals surface area contributed by atoms with Crippen LogP contribution in [0.1, 0.15) is 36.5 Å². The number of carbonyl (C=O) groups is 3. The van der Waals surface area contributed by atoms with Crippen molar-refractivity contribution in [2.45, 2.75) is 26.2 Å². The monoisotopic (exact) mass is 286 g/mol. The molecule has 21 heavy (non-hydrogen) atoms. The van der Waals surface area contributed by atoms with E-state index < -0.39 is 5.97 Å². The molecule has 0 aromatic heterocycles. The summed E-state index contributed by atoms with van der Waals surface area (Å²) < 4.78 is 0. The van der Waals surface area contributed by atoms with E-state index in [-0.39, 0.29) is 29.2 Å². The van der Waals surface area contributed by atoms with Gasteiger partial charge in [0.15, 0.2) is 0 Å². The Morgan fingerprint density at radius 1 is 1.10 bits per heavy atom. The number of imide groups is 1. The second-order valence-corrected chi connectivity index (χ2v) is 5.98. The van der Waals surface area contributed by atoms with E-state index in [9.17, 15) is 19.5 Å². The summed E-state index contributed by atoms with van der Waals surface area (Å²) in [5, 5.41) is 10.7. The molecule has 0 spiro atoms. The average molecular weight is 286 g/mol. The molecule has 5 heteroatoms. The second-order valence-electron chi connectivity index (χ2n) is 5.98. The predicted octanol–water partition coefficient (Wildman–Crippen LogP) is 0.976. The highest BCUT2D eigenvalue weighted by molar-refractivity contribution is 6.22. The molecule has 5 nitrogen and oxygen atoms in total. The zero-order valence-corrected chi connectivity index (χ0v) is 11.7. The maximum atomic E-state index is 12.5. The molecule has 1 aliphatic heterocycles. The summed E-state index contributed by atoms with van der Waals surface area (Å²) in [7, 11) is 0. The van der Waals surface area contributed by atoms with Crippen LogP contribution < -0.4 is 10.0 Å². The molecule has 1 heterocycles. The van der Waals surface area contributed by atoms with Gasteiger partial charge in [0.05, 0.1) is 23.5 Å². The summed E-state index contributed by atoms with van der Waals surface area (Å²) in [5.74, 6) is -1.56. The molecule has 3 atom stereocenters. The van der Waals surface area contributed by atoms with Crippen molar-refractivity contribution in [3.8, 4) is 0 Å². The molecular formula is C16H16NO4-. The van der Waals surface area contributed by atoms with Gasteiger partial charge in [0.2, 0.25) is 11.8 Å². The Morgan fingerprint density at radius 2 is 1.71 bits per heavy atom. The van der Waals surface area contributed by atoms with Crippen LogP contribution in [-0.4, -0.2) is 17.8 Å². The molecule has 0 bridgehead atoms. The lowest BCUT2D eigenvalue weighted by Crippen LogP contribution is -2.31. The molecule has 2 fully saturated rings. The normalized spacial score (nSPS) is 28.6. The number of anilines is 1. The minimum Gasteiger partial charge on any atom is -0.545 e. The predicted molar refractivity (Wildman–Crippen MR) is 73.3 cm³/mol. The van der Waals surface area contributed by atoms with E-state index in [4.69, 9.17) is 0 Å². The van der Waals surface area contributed by atoms with Crippen LogP contribution in [0.25, 0.3) is 0 Å². The first-order valence-corrected chi connectivity index (χ1v) is 7.18. The fourth-order valence-corrected chi connectivity index (χ4v) is 3.39. The third-order valence-electron chi connectivity index (χ3n) is 4.55. The quantitative estimate of drug-likeness (QED) is 0.759. The molecule has 1 aromatic carbocycles. The molecule has 1 aliphatic carbocycles. The molecule has 2 aliphatic rings. The fraction of sp³-hybridized carbons (Fsp3) is 0.438. The highest BCUT2D eigenvalue weighted by atomic mass is 16.4. The first kappa shape index (κ1) is 13.8. The van der Waals surface area contributed by atoms with Gasteiger partial charge in [-0.2, -0.15) is 0 Å². The van der Waals surface area contributed by atoms with Gasteiger partial charge in [0.25, 0.3) is 0 Å². The molecule has 0 radical (unpaired) electrons. The summed E-state index contributed by atoms with van der Waals surface area (Å²) >= 11 is 0. The van der Waals surface area contributed by atoms with Crippen molar-refractivity contribution in [2.75, 3.05) is 4.90 Å². The molecule has 1 saturated heterocycles. The number of hydrogen-bond donors (Lipinski definition) is 0. The number of carboxylic acid groups (broad SMARTS) is 1. The number of hydrogen-bond acceptors (Lipinski definition) is 4. The van der Waals surface area contributed by atoms with Crippen LogP contribution in [-0.2, 0) is 9.59 Å². The zero-order chi connectivity index (χ0) is 15.1. The van der Waals surface area contributed by atoms with Gasteiger partial charge in [-0.25, -0.2) is 0 Å². The van der Waals surface area contributed by atoms with Crippen molar-refractivity contribution in [1.29, 1.82) is 0 Å². The van der Waals surface area contributed by atoms with Crippen molar-refractivity contribution < 1.29 is 19.5 Å². The topological polar surface area (TPSA) is 77.5 Å². The first-order chi connectivity index (χ1) is 9.99. The minimum atomic E-state index is -1.27. The minimum absolute atomic E-state index is 0.0314. The third-order valence-corrected chi connectivity index (χ3v) is 4.55. The smallest absolute Gasteiger partial charge is 0.237 e. The maximum Gasteiger partial charge on any atom is 0.237 e.